The van der Waals surface area contributed by atoms with Gasteiger partial charge < -0.3 is 10.2 Å². The molecule has 3 aromatic rings. The van der Waals surface area contributed by atoms with Crippen LogP contribution in [0.3, 0.4) is 0 Å². The van der Waals surface area contributed by atoms with Gasteiger partial charge in [0.15, 0.2) is 0 Å². The summed E-state index contributed by atoms with van der Waals surface area (Å²) in [6.07, 6.45) is 1.77. The van der Waals surface area contributed by atoms with E-state index in [-0.39, 0.29) is 23.3 Å². The number of benzene rings is 3. The Hall–Kier alpha value is -3.65. The lowest BCUT2D eigenvalue weighted by atomic mass is 10.0. The number of carbonyl (C=O) groups is 2. The van der Waals surface area contributed by atoms with Crippen molar-refractivity contribution in [1.29, 1.82) is 0 Å². The molecular formula is C33H43N3O4S. The fourth-order valence-corrected chi connectivity index (χ4v) is 5.93. The molecule has 0 bridgehead atoms. The second-order valence-corrected chi connectivity index (χ2v) is 12.8. The molecule has 0 radical (unpaired) electrons. The average Bonchev–Trinajstić information content (AvgIpc) is 2.94. The van der Waals surface area contributed by atoms with Crippen LogP contribution in [-0.4, -0.2) is 44.3 Å². The molecule has 1 atom stereocenters. The zero-order valence-electron chi connectivity index (χ0n) is 25.1. The minimum absolute atomic E-state index is 0.0967. The number of nitrogens with one attached hydrogen (secondary N) is 1. The Kier molecular flexibility index (Phi) is 11.1. The molecule has 1 N–H and O–H groups in total. The lowest BCUT2D eigenvalue weighted by molar-refractivity contribution is -0.139. The van der Waals surface area contributed by atoms with Gasteiger partial charge in [-0.05, 0) is 68.5 Å². The number of hydrogen-bond acceptors (Lipinski definition) is 4. The second kappa shape index (κ2) is 14.3. The Morgan fingerprint density at radius 3 is 2.12 bits per heavy atom. The predicted octanol–water partition coefficient (Wildman–Crippen LogP) is 5.96. The molecule has 0 aliphatic carbocycles. The third kappa shape index (κ3) is 8.43. The third-order valence-electron chi connectivity index (χ3n) is 7.17. The van der Waals surface area contributed by atoms with E-state index in [2.05, 4.69) is 19.2 Å². The van der Waals surface area contributed by atoms with Crippen LogP contribution >= 0.6 is 0 Å². The molecule has 0 heterocycles. The normalized spacial score (nSPS) is 12.2. The molecule has 1 unspecified atom stereocenters. The van der Waals surface area contributed by atoms with Gasteiger partial charge in [0.25, 0.3) is 10.0 Å². The van der Waals surface area contributed by atoms with Crippen LogP contribution in [0.2, 0.25) is 0 Å². The SMILES string of the molecule is CCCCNC(=O)C(C)N(Cc1cccc(C)c1)C(=O)CN(c1ccc(C(C)C)cc1)S(=O)(=O)c1ccc(C)cc1. The first-order valence-electron chi connectivity index (χ1n) is 14.3. The monoisotopic (exact) mass is 577 g/mol. The molecular weight excluding hydrogens is 534 g/mol. The zero-order chi connectivity index (χ0) is 30.2. The van der Waals surface area contributed by atoms with Crippen LogP contribution in [0.25, 0.3) is 0 Å². The highest BCUT2D eigenvalue weighted by Crippen LogP contribution is 2.27. The molecule has 3 rings (SSSR count). The van der Waals surface area contributed by atoms with Crippen molar-refractivity contribution in [3.63, 3.8) is 0 Å². The van der Waals surface area contributed by atoms with Crippen molar-refractivity contribution in [1.82, 2.24) is 10.2 Å². The maximum atomic E-state index is 14.0. The molecule has 3 aromatic carbocycles. The van der Waals surface area contributed by atoms with Gasteiger partial charge in [0, 0.05) is 13.1 Å². The van der Waals surface area contributed by atoms with Gasteiger partial charge in [0.05, 0.1) is 10.6 Å². The van der Waals surface area contributed by atoms with Crippen molar-refractivity contribution >= 4 is 27.5 Å². The van der Waals surface area contributed by atoms with E-state index in [1.165, 1.54) is 4.90 Å². The number of rotatable bonds is 13. The number of nitrogens with zero attached hydrogens (tertiary/aromatic N) is 2. The molecule has 0 fully saturated rings. The Morgan fingerprint density at radius 2 is 1.54 bits per heavy atom. The summed E-state index contributed by atoms with van der Waals surface area (Å²) < 4.78 is 29.1. The van der Waals surface area contributed by atoms with Crippen LogP contribution in [0.4, 0.5) is 5.69 Å². The highest BCUT2D eigenvalue weighted by molar-refractivity contribution is 7.92. The lowest BCUT2D eigenvalue weighted by Crippen LogP contribution is -2.51. The van der Waals surface area contributed by atoms with Gasteiger partial charge in [-0.2, -0.15) is 0 Å². The van der Waals surface area contributed by atoms with E-state index in [4.69, 9.17) is 0 Å². The first-order valence-corrected chi connectivity index (χ1v) is 15.7. The molecule has 220 valence electrons. The summed E-state index contributed by atoms with van der Waals surface area (Å²) in [5.41, 5.74) is 4.27. The topological polar surface area (TPSA) is 86.8 Å². The molecule has 0 aliphatic rings. The number of anilines is 1. The van der Waals surface area contributed by atoms with Gasteiger partial charge in [-0.1, -0.05) is 86.8 Å². The van der Waals surface area contributed by atoms with E-state index < -0.39 is 28.5 Å². The van der Waals surface area contributed by atoms with Crippen LogP contribution < -0.4 is 9.62 Å². The smallest absolute Gasteiger partial charge is 0.264 e. The summed E-state index contributed by atoms with van der Waals surface area (Å²) in [7, 11) is -4.09. The van der Waals surface area contributed by atoms with Gasteiger partial charge in [-0.3, -0.25) is 13.9 Å². The molecule has 2 amide bonds. The predicted molar refractivity (Wildman–Crippen MR) is 165 cm³/mol. The minimum Gasteiger partial charge on any atom is -0.354 e. The van der Waals surface area contributed by atoms with E-state index >= 15 is 0 Å². The first kappa shape index (κ1) is 31.9. The van der Waals surface area contributed by atoms with Crippen molar-refractivity contribution < 1.29 is 18.0 Å². The number of hydrogen-bond donors (Lipinski definition) is 1. The van der Waals surface area contributed by atoms with Crippen molar-refractivity contribution in [2.45, 2.75) is 77.8 Å². The largest absolute Gasteiger partial charge is 0.354 e. The minimum atomic E-state index is -4.09. The fraction of sp³-hybridized carbons (Fsp3) is 0.394. The quantitative estimate of drug-likeness (QED) is 0.254. The molecule has 0 saturated carbocycles. The van der Waals surface area contributed by atoms with Crippen LogP contribution in [0.1, 0.15) is 68.7 Å². The number of aryl methyl sites for hydroxylation is 2. The summed E-state index contributed by atoms with van der Waals surface area (Å²) in [5, 5.41) is 2.91. The summed E-state index contributed by atoms with van der Waals surface area (Å²) in [4.78, 5) is 28.7. The van der Waals surface area contributed by atoms with Gasteiger partial charge in [0.2, 0.25) is 11.8 Å². The fourth-order valence-electron chi connectivity index (χ4n) is 4.52. The van der Waals surface area contributed by atoms with Gasteiger partial charge >= 0.3 is 0 Å². The Bertz CT molecular complexity index is 1420. The molecule has 8 heteroatoms. The van der Waals surface area contributed by atoms with Gasteiger partial charge in [0.1, 0.15) is 12.6 Å². The number of carbonyl (C=O) groups excluding carboxylic acids is 2. The molecule has 0 saturated heterocycles. The van der Waals surface area contributed by atoms with Gasteiger partial charge in [-0.15, -0.1) is 0 Å². The number of sulfonamides is 1. The molecule has 0 spiro atoms. The summed E-state index contributed by atoms with van der Waals surface area (Å²) in [6, 6.07) is 20.8. The maximum Gasteiger partial charge on any atom is 0.264 e. The zero-order valence-corrected chi connectivity index (χ0v) is 25.9. The van der Waals surface area contributed by atoms with Crippen LogP contribution in [0.5, 0.6) is 0 Å². The molecule has 0 aliphatic heterocycles. The molecule has 7 nitrogen and oxygen atoms in total. The average molecular weight is 578 g/mol. The van der Waals surface area contributed by atoms with E-state index in [1.807, 2.05) is 57.2 Å². The highest BCUT2D eigenvalue weighted by Gasteiger charge is 2.32. The van der Waals surface area contributed by atoms with E-state index in [0.717, 1.165) is 39.4 Å². The van der Waals surface area contributed by atoms with E-state index in [9.17, 15) is 18.0 Å². The number of amides is 2. The highest BCUT2D eigenvalue weighted by atomic mass is 32.2. The Morgan fingerprint density at radius 1 is 0.878 bits per heavy atom. The third-order valence-corrected chi connectivity index (χ3v) is 8.96. The Labute approximate surface area is 245 Å². The summed E-state index contributed by atoms with van der Waals surface area (Å²) in [6.45, 7) is 12.0. The molecule has 0 aromatic heterocycles. The van der Waals surface area contributed by atoms with Crippen LogP contribution in [0, 0.1) is 13.8 Å². The second-order valence-electron chi connectivity index (χ2n) is 10.9. The summed E-state index contributed by atoms with van der Waals surface area (Å²) >= 11 is 0. The first-order chi connectivity index (χ1) is 19.4. The Balaban J connectivity index is 2.02. The van der Waals surface area contributed by atoms with Crippen LogP contribution in [-0.2, 0) is 26.2 Å². The number of unbranched alkanes of at least 4 members (excludes halogenated alkanes) is 1. The molecule has 41 heavy (non-hydrogen) atoms. The van der Waals surface area contributed by atoms with Crippen molar-refractivity contribution in [3.8, 4) is 0 Å². The summed E-state index contributed by atoms with van der Waals surface area (Å²) in [5.74, 6) is -0.466. The van der Waals surface area contributed by atoms with Crippen LogP contribution in [0.15, 0.2) is 77.7 Å². The van der Waals surface area contributed by atoms with E-state index in [0.29, 0.717) is 12.2 Å². The van der Waals surface area contributed by atoms with Crippen molar-refractivity contribution in [2.24, 2.45) is 0 Å². The standard InChI is InChI=1S/C33H43N3O4S/c1-7-8-20-34-33(38)27(6)35(22-28-11-9-10-26(5)21-28)32(37)23-36(30-16-14-29(15-17-30)24(2)3)41(39,40)31-18-12-25(4)13-19-31/h9-19,21,24,27H,7-8,20,22-23H2,1-6H3,(H,34,38). The van der Waals surface area contributed by atoms with E-state index in [1.54, 1.807) is 43.3 Å². The lowest BCUT2D eigenvalue weighted by Gasteiger charge is -2.32. The maximum absolute atomic E-state index is 14.0. The van der Waals surface area contributed by atoms with Crippen molar-refractivity contribution in [3.05, 3.63) is 95.1 Å². The van der Waals surface area contributed by atoms with Crippen molar-refractivity contribution in [2.75, 3.05) is 17.4 Å². The van der Waals surface area contributed by atoms with Gasteiger partial charge in [-0.25, -0.2) is 8.42 Å².